The lowest BCUT2D eigenvalue weighted by molar-refractivity contribution is -0.120. The zero-order valence-electron chi connectivity index (χ0n) is 14.9. The van der Waals surface area contributed by atoms with Gasteiger partial charge in [0.15, 0.2) is 5.82 Å². The van der Waals surface area contributed by atoms with Gasteiger partial charge in [-0.1, -0.05) is 41.0 Å². The van der Waals surface area contributed by atoms with Gasteiger partial charge < -0.3 is 10.6 Å². The molecule has 1 unspecified atom stereocenters. The van der Waals surface area contributed by atoms with Crippen LogP contribution >= 0.6 is 11.6 Å². The van der Waals surface area contributed by atoms with E-state index < -0.39 is 11.8 Å². The third-order valence-corrected chi connectivity index (χ3v) is 4.15. The van der Waals surface area contributed by atoms with Crippen molar-refractivity contribution in [1.29, 1.82) is 0 Å². The summed E-state index contributed by atoms with van der Waals surface area (Å²) in [4.78, 5) is 37.6. The number of H-pyrrole nitrogens is 1. The summed E-state index contributed by atoms with van der Waals surface area (Å²) in [6.45, 7) is 1.39. The molecule has 2 aromatic carbocycles. The van der Waals surface area contributed by atoms with Gasteiger partial charge in [-0.25, -0.2) is 4.79 Å². The van der Waals surface area contributed by atoms with Crippen LogP contribution in [0.5, 0.6) is 0 Å². The van der Waals surface area contributed by atoms with E-state index in [0.29, 0.717) is 16.3 Å². The molecule has 2 amide bonds. The fraction of sp³-hybridized carbons (Fsp3) is 0.158. The van der Waals surface area contributed by atoms with Crippen LogP contribution in [0.25, 0.3) is 11.4 Å². The van der Waals surface area contributed by atoms with Gasteiger partial charge in [0.1, 0.15) is 0 Å². The molecule has 0 spiro atoms. The number of halogens is 1. The van der Waals surface area contributed by atoms with Gasteiger partial charge >= 0.3 is 5.76 Å². The largest absolute Gasteiger partial charge is 0.439 e. The Kier molecular flexibility index (Phi) is 5.90. The van der Waals surface area contributed by atoms with E-state index in [1.54, 1.807) is 48.5 Å². The standard InChI is InChI=1S/C19H17ClN4O4/c1-11(25)21-16(12-5-7-14(20)8-6-12)10-17(26)22-15-4-2-3-13(9-15)18-23-19(27)28-24-18/h2-9,16H,10H2,1H3,(H,21,25)(H,22,26)(H,23,24,27). The lowest BCUT2D eigenvalue weighted by Gasteiger charge is -2.18. The van der Waals surface area contributed by atoms with Crippen molar-refractivity contribution in [3.05, 3.63) is 69.7 Å². The second-order valence-corrected chi connectivity index (χ2v) is 6.52. The van der Waals surface area contributed by atoms with Crippen LogP contribution in [0.3, 0.4) is 0 Å². The van der Waals surface area contributed by atoms with Crippen LogP contribution in [0.4, 0.5) is 5.69 Å². The minimum absolute atomic E-state index is 0.0340. The van der Waals surface area contributed by atoms with Crippen molar-refractivity contribution in [2.24, 2.45) is 0 Å². The number of aromatic amines is 1. The summed E-state index contributed by atoms with van der Waals surface area (Å²) in [6, 6.07) is 13.2. The van der Waals surface area contributed by atoms with E-state index >= 15 is 0 Å². The topological polar surface area (TPSA) is 117 Å². The van der Waals surface area contributed by atoms with Gasteiger partial charge in [0.25, 0.3) is 0 Å². The summed E-state index contributed by atoms with van der Waals surface area (Å²) in [5, 5.41) is 9.73. The number of aromatic nitrogens is 2. The highest BCUT2D eigenvalue weighted by molar-refractivity contribution is 6.30. The van der Waals surface area contributed by atoms with Crippen molar-refractivity contribution >= 4 is 29.1 Å². The Morgan fingerprint density at radius 2 is 1.96 bits per heavy atom. The minimum atomic E-state index is -0.662. The molecule has 0 radical (unpaired) electrons. The number of hydrogen-bond acceptors (Lipinski definition) is 5. The van der Waals surface area contributed by atoms with Crippen LogP contribution in [0.1, 0.15) is 24.9 Å². The molecule has 0 saturated carbocycles. The highest BCUT2D eigenvalue weighted by atomic mass is 35.5. The second-order valence-electron chi connectivity index (χ2n) is 6.08. The predicted octanol–water partition coefficient (Wildman–Crippen LogP) is 2.89. The maximum atomic E-state index is 12.5. The average molecular weight is 401 g/mol. The maximum absolute atomic E-state index is 12.5. The summed E-state index contributed by atoms with van der Waals surface area (Å²) >= 11 is 5.90. The van der Waals surface area contributed by atoms with Crippen LogP contribution in [0.15, 0.2) is 57.8 Å². The summed E-state index contributed by atoms with van der Waals surface area (Å²) in [7, 11) is 0. The molecule has 0 saturated heterocycles. The number of nitrogens with zero attached hydrogens (tertiary/aromatic N) is 1. The lowest BCUT2D eigenvalue weighted by atomic mass is 10.0. The van der Waals surface area contributed by atoms with Crippen LogP contribution in [-0.4, -0.2) is 22.0 Å². The van der Waals surface area contributed by atoms with Crippen LogP contribution in [0, 0.1) is 0 Å². The number of nitrogens with one attached hydrogen (secondary N) is 3. The van der Waals surface area contributed by atoms with E-state index in [1.807, 2.05) is 0 Å². The molecule has 0 bridgehead atoms. The number of carbonyl (C=O) groups excluding carboxylic acids is 2. The fourth-order valence-electron chi connectivity index (χ4n) is 2.69. The van der Waals surface area contributed by atoms with E-state index in [-0.39, 0.29) is 24.1 Å². The van der Waals surface area contributed by atoms with Crippen molar-refractivity contribution in [2.45, 2.75) is 19.4 Å². The Morgan fingerprint density at radius 1 is 1.21 bits per heavy atom. The van der Waals surface area contributed by atoms with Crippen molar-refractivity contribution in [2.75, 3.05) is 5.32 Å². The van der Waals surface area contributed by atoms with Crippen molar-refractivity contribution in [3.63, 3.8) is 0 Å². The number of hydrogen-bond donors (Lipinski definition) is 3. The van der Waals surface area contributed by atoms with Crippen LogP contribution in [0.2, 0.25) is 5.02 Å². The first-order chi connectivity index (χ1) is 13.4. The van der Waals surface area contributed by atoms with Crippen molar-refractivity contribution in [1.82, 2.24) is 15.5 Å². The third-order valence-electron chi connectivity index (χ3n) is 3.90. The van der Waals surface area contributed by atoms with E-state index in [1.165, 1.54) is 6.92 Å². The molecule has 9 heteroatoms. The normalized spacial score (nSPS) is 11.6. The van der Waals surface area contributed by atoms with Crippen LogP contribution in [-0.2, 0) is 9.59 Å². The highest BCUT2D eigenvalue weighted by Gasteiger charge is 2.17. The number of carbonyl (C=O) groups is 2. The molecule has 0 aliphatic rings. The molecule has 3 aromatic rings. The SMILES string of the molecule is CC(=O)NC(CC(=O)Nc1cccc(-c2noc(=O)[nH]2)c1)c1ccc(Cl)cc1. The van der Waals surface area contributed by atoms with Gasteiger partial charge in [-0.05, 0) is 29.8 Å². The number of amides is 2. The molecule has 8 nitrogen and oxygen atoms in total. The molecule has 1 atom stereocenters. The van der Waals surface area contributed by atoms with Crippen molar-refractivity contribution < 1.29 is 14.1 Å². The summed E-state index contributed by atoms with van der Waals surface area (Å²) in [6.07, 6.45) is 0.0340. The monoisotopic (exact) mass is 400 g/mol. The van der Waals surface area contributed by atoms with Gasteiger partial charge in [-0.3, -0.25) is 19.1 Å². The average Bonchev–Trinajstić information content (AvgIpc) is 3.08. The van der Waals surface area contributed by atoms with Gasteiger partial charge in [-0.15, -0.1) is 0 Å². The molecule has 0 aliphatic heterocycles. The van der Waals surface area contributed by atoms with Gasteiger partial charge in [0.2, 0.25) is 11.8 Å². The molecule has 28 heavy (non-hydrogen) atoms. The lowest BCUT2D eigenvalue weighted by Crippen LogP contribution is -2.29. The Hall–Kier alpha value is -3.39. The molecule has 0 fully saturated rings. The smallest absolute Gasteiger partial charge is 0.349 e. The number of rotatable bonds is 6. The maximum Gasteiger partial charge on any atom is 0.439 e. The van der Waals surface area contributed by atoms with E-state index in [2.05, 4.69) is 25.3 Å². The van der Waals surface area contributed by atoms with Crippen LogP contribution < -0.4 is 16.4 Å². The van der Waals surface area contributed by atoms with Gasteiger partial charge in [-0.2, -0.15) is 0 Å². The third kappa shape index (κ3) is 5.08. The first-order valence-electron chi connectivity index (χ1n) is 8.39. The fourth-order valence-corrected chi connectivity index (χ4v) is 2.81. The molecular formula is C19H17ClN4O4. The summed E-state index contributed by atoms with van der Waals surface area (Å²) in [5.74, 6) is -0.937. The highest BCUT2D eigenvalue weighted by Crippen LogP contribution is 2.22. The zero-order chi connectivity index (χ0) is 20.1. The van der Waals surface area contributed by atoms with E-state index in [9.17, 15) is 14.4 Å². The molecule has 3 N–H and O–H groups in total. The summed E-state index contributed by atoms with van der Waals surface area (Å²) in [5.41, 5.74) is 1.87. The van der Waals surface area contributed by atoms with Gasteiger partial charge in [0, 0.05) is 23.2 Å². The Bertz CT molecular complexity index is 1040. The number of benzene rings is 2. The molecular weight excluding hydrogens is 384 g/mol. The predicted molar refractivity (Wildman–Crippen MR) is 104 cm³/mol. The number of anilines is 1. The molecule has 144 valence electrons. The Balaban J connectivity index is 1.73. The van der Waals surface area contributed by atoms with E-state index in [0.717, 1.165) is 5.56 Å². The zero-order valence-corrected chi connectivity index (χ0v) is 15.6. The van der Waals surface area contributed by atoms with Crippen molar-refractivity contribution in [3.8, 4) is 11.4 Å². The molecule has 0 aliphatic carbocycles. The Morgan fingerprint density at radius 3 is 2.61 bits per heavy atom. The quantitative estimate of drug-likeness (QED) is 0.588. The summed E-state index contributed by atoms with van der Waals surface area (Å²) < 4.78 is 4.49. The second kappa shape index (κ2) is 8.53. The first kappa shape index (κ1) is 19.4. The molecule has 3 rings (SSSR count). The van der Waals surface area contributed by atoms with Gasteiger partial charge in [0.05, 0.1) is 12.5 Å². The first-order valence-corrected chi connectivity index (χ1v) is 8.77. The molecule has 1 heterocycles. The minimum Gasteiger partial charge on any atom is -0.349 e. The Labute approximate surface area is 164 Å². The van der Waals surface area contributed by atoms with E-state index in [4.69, 9.17) is 11.6 Å². The molecule has 1 aromatic heterocycles.